The Hall–Kier alpha value is -3.30. The van der Waals surface area contributed by atoms with E-state index in [4.69, 9.17) is 18.9 Å². The van der Waals surface area contributed by atoms with E-state index in [1.807, 2.05) is 13.8 Å². The zero-order valence-corrected chi connectivity index (χ0v) is 19.7. The Morgan fingerprint density at radius 3 is 2.00 bits per heavy atom. The summed E-state index contributed by atoms with van der Waals surface area (Å²) in [5, 5.41) is 9.83. The molecule has 0 spiro atoms. The van der Waals surface area contributed by atoms with Crippen molar-refractivity contribution in [2.45, 2.75) is 36.7 Å². The van der Waals surface area contributed by atoms with Crippen LogP contribution in [0.4, 0.5) is 4.79 Å². The summed E-state index contributed by atoms with van der Waals surface area (Å²) >= 11 is 0.975. The molecule has 8 nitrogen and oxygen atoms in total. The Morgan fingerprint density at radius 2 is 1.44 bits per heavy atom. The SMILES string of the molecule is C=CCOC(=O)O[C@H]1C(O)S[C@@H](COC(=O)c2ccc(C)cc2)[C@H]1OC(=O)c1ccc(C)cc1. The average Bonchev–Trinajstić information content (AvgIpc) is 3.10. The summed E-state index contributed by atoms with van der Waals surface area (Å²) in [6.45, 7) is 6.98. The van der Waals surface area contributed by atoms with Crippen LogP contribution in [0.15, 0.2) is 61.2 Å². The highest BCUT2D eigenvalue weighted by molar-refractivity contribution is 8.00. The van der Waals surface area contributed by atoms with Crippen molar-refractivity contribution in [2.24, 2.45) is 0 Å². The lowest BCUT2D eigenvalue weighted by molar-refractivity contribution is -0.0645. The molecule has 1 saturated heterocycles. The molecule has 0 amide bonds. The third-order valence-electron chi connectivity index (χ3n) is 5.03. The third kappa shape index (κ3) is 6.61. The van der Waals surface area contributed by atoms with Crippen LogP contribution >= 0.6 is 11.8 Å². The van der Waals surface area contributed by atoms with Crippen molar-refractivity contribution in [3.05, 3.63) is 83.4 Å². The van der Waals surface area contributed by atoms with Gasteiger partial charge in [0.1, 0.15) is 18.6 Å². The van der Waals surface area contributed by atoms with Gasteiger partial charge in [-0.05, 0) is 38.1 Å². The summed E-state index contributed by atoms with van der Waals surface area (Å²) in [7, 11) is 0. The van der Waals surface area contributed by atoms with Gasteiger partial charge >= 0.3 is 18.1 Å². The van der Waals surface area contributed by atoms with Crippen LogP contribution in [0.1, 0.15) is 31.8 Å². The number of hydrogen-bond acceptors (Lipinski definition) is 9. The number of ether oxygens (including phenoxy) is 4. The zero-order valence-electron chi connectivity index (χ0n) is 18.8. The maximum absolute atomic E-state index is 12.8. The van der Waals surface area contributed by atoms with Crippen LogP contribution in [-0.2, 0) is 18.9 Å². The number of aliphatic hydroxyl groups excluding tert-OH is 1. The number of carbonyl (C=O) groups excluding carboxylic acids is 3. The van der Waals surface area contributed by atoms with Crippen LogP contribution in [0.25, 0.3) is 0 Å². The highest BCUT2D eigenvalue weighted by Crippen LogP contribution is 2.37. The Balaban J connectivity index is 1.73. The number of carbonyl (C=O) groups is 3. The predicted octanol–water partition coefficient (Wildman–Crippen LogP) is 3.83. The maximum Gasteiger partial charge on any atom is 0.509 e. The van der Waals surface area contributed by atoms with Gasteiger partial charge in [-0.3, -0.25) is 0 Å². The highest BCUT2D eigenvalue weighted by Gasteiger charge is 2.49. The zero-order chi connectivity index (χ0) is 24.7. The Morgan fingerprint density at radius 1 is 0.882 bits per heavy atom. The van der Waals surface area contributed by atoms with Crippen LogP contribution in [0.5, 0.6) is 0 Å². The number of hydrogen-bond donors (Lipinski definition) is 1. The van der Waals surface area contributed by atoms with Gasteiger partial charge in [0, 0.05) is 0 Å². The van der Waals surface area contributed by atoms with Crippen molar-refractivity contribution < 1.29 is 38.4 Å². The first-order valence-electron chi connectivity index (χ1n) is 10.6. The predicted molar refractivity (Wildman–Crippen MR) is 126 cm³/mol. The lowest BCUT2D eigenvalue weighted by Crippen LogP contribution is -2.42. The quantitative estimate of drug-likeness (QED) is 0.338. The fraction of sp³-hybridized carbons (Fsp3) is 0.320. The van der Waals surface area contributed by atoms with Gasteiger partial charge < -0.3 is 24.1 Å². The lowest BCUT2D eigenvalue weighted by Gasteiger charge is -2.24. The van der Waals surface area contributed by atoms with Crippen LogP contribution in [0, 0.1) is 13.8 Å². The summed E-state index contributed by atoms with van der Waals surface area (Å²) in [6.07, 6.45) is -1.99. The summed E-state index contributed by atoms with van der Waals surface area (Å²) < 4.78 is 21.1. The molecule has 34 heavy (non-hydrogen) atoms. The van der Waals surface area contributed by atoms with Crippen LogP contribution < -0.4 is 0 Å². The first kappa shape index (κ1) is 25.3. The van der Waals surface area contributed by atoms with Gasteiger partial charge in [0.05, 0.1) is 16.4 Å². The molecule has 1 aliphatic rings. The maximum atomic E-state index is 12.8. The number of esters is 2. The molecule has 0 saturated carbocycles. The molecule has 1 unspecified atom stereocenters. The van der Waals surface area contributed by atoms with E-state index in [-0.39, 0.29) is 13.2 Å². The molecule has 3 rings (SSSR count). The second kappa shape index (κ2) is 11.7. The van der Waals surface area contributed by atoms with Crippen molar-refractivity contribution in [1.29, 1.82) is 0 Å². The second-order valence-electron chi connectivity index (χ2n) is 7.70. The summed E-state index contributed by atoms with van der Waals surface area (Å²) in [5.74, 6) is -1.23. The number of rotatable bonds is 8. The van der Waals surface area contributed by atoms with Gasteiger partial charge in [0.15, 0.2) is 12.2 Å². The molecule has 0 aliphatic carbocycles. The fourth-order valence-electron chi connectivity index (χ4n) is 3.19. The summed E-state index contributed by atoms with van der Waals surface area (Å²) in [5.41, 5.74) is 1.39. The van der Waals surface area contributed by atoms with Crippen molar-refractivity contribution in [3.8, 4) is 0 Å². The van der Waals surface area contributed by atoms with E-state index in [0.29, 0.717) is 11.1 Å². The van der Waals surface area contributed by atoms with Gasteiger partial charge in [-0.25, -0.2) is 14.4 Å². The largest absolute Gasteiger partial charge is 0.509 e. The van der Waals surface area contributed by atoms with E-state index >= 15 is 0 Å². The minimum absolute atomic E-state index is 0.0831. The smallest absolute Gasteiger partial charge is 0.461 e. The van der Waals surface area contributed by atoms with E-state index in [1.165, 1.54) is 6.08 Å². The van der Waals surface area contributed by atoms with Crippen molar-refractivity contribution >= 4 is 29.9 Å². The Labute approximate surface area is 201 Å². The van der Waals surface area contributed by atoms with E-state index in [2.05, 4.69) is 6.58 Å². The molecule has 1 N–H and O–H groups in total. The highest BCUT2D eigenvalue weighted by atomic mass is 32.2. The van der Waals surface area contributed by atoms with E-state index in [0.717, 1.165) is 22.9 Å². The normalized spacial score (nSPS) is 21.4. The molecule has 180 valence electrons. The Kier molecular flexibility index (Phi) is 8.72. The van der Waals surface area contributed by atoms with E-state index < -0.39 is 41.0 Å². The summed E-state index contributed by atoms with van der Waals surface area (Å²) in [6, 6.07) is 13.6. The molecule has 1 fully saturated rings. The molecular weight excluding hydrogens is 460 g/mol. The number of benzene rings is 2. The third-order valence-corrected chi connectivity index (χ3v) is 6.33. The standard InChI is InChI=1S/C25H26O8S/c1-4-13-30-25(29)33-21-20(32-23(27)18-11-7-16(3)8-12-18)19(34-24(21)28)14-31-22(26)17-9-5-15(2)6-10-17/h4-12,19-21,24,28H,1,13-14H2,2-3H3/t19-,20+,21+,24?/m0/s1. The molecule has 0 radical (unpaired) electrons. The molecule has 9 heteroatoms. The fourth-order valence-corrected chi connectivity index (χ4v) is 4.43. The first-order valence-corrected chi connectivity index (χ1v) is 11.5. The van der Waals surface area contributed by atoms with Crippen LogP contribution in [-0.4, -0.2) is 59.3 Å². The van der Waals surface area contributed by atoms with Gasteiger partial charge in [-0.15, -0.1) is 11.8 Å². The van der Waals surface area contributed by atoms with Crippen LogP contribution in [0.2, 0.25) is 0 Å². The molecule has 0 aromatic heterocycles. The van der Waals surface area contributed by atoms with E-state index in [1.54, 1.807) is 48.5 Å². The molecule has 4 atom stereocenters. The lowest BCUT2D eigenvalue weighted by atomic mass is 10.1. The Bertz CT molecular complexity index is 1020. The molecule has 1 aliphatic heterocycles. The van der Waals surface area contributed by atoms with E-state index in [9.17, 15) is 19.5 Å². The second-order valence-corrected chi connectivity index (χ2v) is 9.06. The van der Waals surface area contributed by atoms with Crippen molar-refractivity contribution in [3.63, 3.8) is 0 Å². The van der Waals surface area contributed by atoms with Gasteiger partial charge in [0.2, 0.25) is 0 Å². The molecule has 1 heterocycles. The summed E-state index contributed by atoms with van der Waals surface area (Å²) in [4.78, 5) is 37.2. The number of thioether (sulfide) groups is 1. The topological polar surface area (TPSA) is 108 Å². The monoisotopic (exact) mass is 486 g/mol. The minimum atomic E-state index is -1.23. The first-order chi connectivity index (χ1) is 16.3. The minimum Gasteiger partial charge on any atom is -0.461 e. The average molecular weight is 487 g/mol. The van der Waals surface area contributed by atoms with Gasteiger partial charge in [-0.1, -0.05) is 48.0 Å². The number of aliphatic hydroxyl groups is 1. The van der Waals surface area contributed by atoms with Gasteiger partial charge in [0.25, 0.3) is 0 Å². The van der Waals surface area contributed by atoms with Gasteiger partial charge in [-0.2, -0.15) is 0 Å². The molecule has 0 bridgehead atoms. The van der Waals surface area contributed by atoms with Crippen molar-refractivity contribution in [2.75, 3.05) is 13.2 Å². The van der Waals surface area contributed by atoms with Crippen LogP contribution in [0.3, 0.4) is 0 Å². The number of aryl methyl sites for hydroxylation is 2. The van der Waals surface area contributed by atoms with Crippen molar-refractivity contribution in [1.82, 2.24) is 0 Å². The molecular formula is C25H26O8S. The molecule has 2 aromatic carbocycles. The molecule has 2 aromatic rings.